The standard InChI is InChI=1S/C23H26O2.C20H21NO2.C19H20N2O2/c1-17-3-7-19(8-4-17)9-10-20-11-15-22(16-12-20)25-23(24)21-13-5-18(2)6-14-21;1-14-3-7-16(8-4-14)19-12-11-18(13-21-19)23-20(22)17-9-5-15(2)6-10-17;1-13-3-5-16(6-4-13)19(22)23-17-9-7-15(8-10-17)18-20-11-14(2)12-21-18/h3-5,7-8,11-12,15-16,21H,6,9-10,13-14H2,1-2H3;3-5,7-8,11-13,17H,6,9-10H2,1-2H3;3,7-12,16H,4-6H2,1-2H3. The van der Waals surface area contributed by atoms with E-state index in [4.69, 9.17) is 14.2 Å². The van der Waals surface area contributed by atoms with E-state index in [0.717, 1.165) is 93.0 Å². The first-order chi connectivity index (χ1) is 34.3. The van der Waals surface area contributed by atoms with Crippen molar-refractivity contribution >= 4 is 17.9 Å². The maximum atomic E-state index is 12.2. The molecule has 2 heterocycles. The first kappa shape index (κ1) is 51.6. The summed E-state index contributed by atoms with van der Waals surface area (Å²) in [5.74, 6) is 1.94. The summed E-state index contributed by atoms with van der Waals surface area (Å²) in [5.41, 5.74) is 13.1. The monoisotopic (exact) mass is 950 g/mol. The number of esters is 3. The molecular weight excluding hydrogens is 883 g/mol. The van der Waals surface area contributed by atoms with Crippen LogP contribution in [-0.2, 0) is 27.2 Å². The minimum absolute atomic E-state index is 0.00455. The molecule has 71 heavy (non-hydrogen) atoms. The summed E-state index contributed by atoms with van der Waals surface area (Å²) in [6, 6.07) is 35.8. The Hall–Kier alpha value is -7.26. The SMILES string of the molecule is CC1=CCC(C(=O)Oc2ccc(-c3ccc(C)cc3)nc2)CC1.CC1=CCC(C(=O)Oc2ccc(-c3ncc(C)cn3)cc2)CC1.CC1=CCC(C(=O)Oc2ccc(CCc3ccc(C)cc3)cc2)CC1. The fraction of sp³-hybridized carbons (Fsp3) is 0.323. The molecule has 0 saturated heterocycles. The lowest BCUT2D eigenvalue weighted by atomic mass is 9.90. The topological polar surface area (TPSA) is 118 Å². The van der Waals surface area contributed by atoms with Gasteiger partial charge in [0, 0.05) is 23.5 Å². The van der Waals surface area contributed by atoms with E-state index in [1.54, 1.807) is 30.7 Å². The summed E-state index contributed by atoms with van der Waals surface area (Å²) in [6.45, 7) is 12.4. The molecule has 4 aromatic carbocycles. The van der Waals surface area contributed by atoms with Gasteiger partial charge >= 0.3 is 17.9 Å². The number of hydrogen-bond donors (Lipinski definition) is 0. The summed E-state index contributed by atoms with van der Waals surface area (Å²) >= 11 is 0. The van der Waals surface area contributed by atoms with E-state index < -0.39 is 0 Å². The fourth-order valence-corrected chi connectivity index (χ4v) is 8.45. The molecule has 9 heteroatoms. The zero-order chi connectivity index (χ0) is 50.1. The molecule has 0 spiro atoms. The van der Waals surface area contributed by atoms with Crippen LogP contribution in [0.3, 0.4) is 0 Å². The van der Waals surface area contributed by atoms with Crippen LogP contribution in [0.15, 0.2) is 163 Å². The smallest absolute Gasteiger partial charge is 0.314 e. The summed E-state index contributed by atoms with van der Waals surface area (Å²) in [6.07, 6.45) is 21.6. The zero-order valence-electron chi connectivity index (χ0n) is 42.2. The number of nitrogens with zero attached hydrogens (tertiary/aromatic N) is 3. The molecule has 6 aromatic rings. The number of pyridine rings is 1. The minimum Gasteiger partial charge on any atom is -0.426 e. The van der Waals surface area contributed by atoms with Gasteiger partial charge in [0.1, 0.15) is 17.2 Å². The molecule has 3 aliphatic carbocycles. The number of carbonyl (C=O) groups excluding carboxylic acids is 3. The predicted molar refractivity (Wildman–Crippen MR) is 282 cm³/mol. The van der Waals surface area contributed by atoms with Crippen molar-refractivity contribution in [1.82, 2.24) is 15.0 Å². The molecule has 2 aromatic heterocycles. The molecule has 3 aliphatic rings. The molecule has 0 amide bonds. The maximum Gasteiger partial charge on any atom is 0.314 e. The number of ether oxygens (including phenoxy) is 3. The van der Waals surface area contributed by atoms with Crippen LogP contribution in [-0.4, -0.2) is 32.9 Å². The molecule has 0 saturated carbocycles. The highest BCUT2D eigenvalue weighted by atomic mass is 16.5. The zero-order valence-corrected chi connectivity index (χ0v) is 42.2. The van der Waals surface area contributed by atoms with Gasteiger partial charge in [-0.2, -0.15) is 0 Å². The van der Waals surface area contributed by atoms with Crippen molar-refractivity contribution in [2.24, 2.45) is 17.8 Å². The Balaban J connectivity index is 0.000000157. The Kier molecular flexibility index (Phi) is 18.6. The number of benzene rings is 4. The number of allylic oxidation sites excluding steroid dienone is 6. The molecule has 0 N–H and O–H groups in total. The van der Waals surface area contributed by atoms with Crippen molar-refractivity contribution < 1.29 is 28.6 Å². The van der Waals surface area contributed by atoms with Crippen LogP contribution in [0.2, 0.25) is 0 Å². The molecule has 0 aliphatic heterocycles. The second kappa shape index (κ2) is 25.6. The van der Waals surface area contributed by atoms with Crippen molar-refractivity contribution in [1.29, 1.82) is 0 Å². The third-order valence-electron chi connectivity index (χ3n) is 13.3. The number of hydrogen-bond acceptors (Lipinski definition) is 9. The van der Waals surface area contributed by atoms with Crippen molar-refractivity contribution in [3.05, 3.63) is 191 Å². The van der Waals surface area contributed by atoms with Gasteiger partial charge in [-0.3, -0.25) is 19.4 Å². The van der Waals surface area contributed by atoms with Crippen LogP contribution >= 0.6 is 0 Å². The fourth-order valence-electron chi connectivity index (χ4n) is 8.45. The second-order valence-electron chi connectivity index (χ2n) is 19.3. The quantitative estimate of drug-likeness (QED) is 0.0711. The lowest BCUT2D eigenvalue weighted by Gasteiger charge is -2.18. The van der Waals surface area contributed by atoms with Gasteiger partial charge in [-0.15, -0.1) is 0 Å². The van der Waals surface area contributed by atoms with E-state index in [0.29, 0.717) is 23.1 Å². The van der Waals surface area contributed by atoms with E-state index in [2.05, 4.69) is 116 Å². The predicted octanol–water partition coefficient (Wildman–Crippen LogP) is 14.2. The lowest BCUT2D eigenvalue weighted by Crippen LogP contribution is -2.22. The molecule has 3 unspecified atom stereocenters. The van der Waals surface area contributed by atoms with Gasteiger partial charge in [0.25, 0.3) is 0 Å². The van der Waals surface area contributed by atoms with E-state index in [1.165, 1.54) is 39.0 Å². The molecular formula is C62H67N3O6. The first-order valence-electron chi connectivity index (χ1n) is 25.0. The van der Waals surface area contributed by atoms with E-state index in [1.807, 2.05) is 55.5 Å². The van der Waals surface area contributed by atoms with Gasteiger partial charge in [-0.05, 0) is 177 Å². The Labute approximate surface area is 420 Å². The summed E-state index contributed by atoms with van der Waals surface area (Å²) in [7, 11) is 0. The van der Waals surface area contributed by atoms with Crippen LogP contribution in [0.25, 0.3) is 22.6 Å². The average molecular weight is 950 g/mol. The number of carbonyl (C=O) groups is 3. The summed E-state index contributed by atoms with van der Waals surface area (Å²) < 4.78 is 16.5. The van der Waals surface area contributed by atoms with Gasteiger partial charge in [0.15, 0.2) is 5.82 Å². The van der Waals surface area contributed by atoms with Crippen LogP contribution in [0.5, 0.6) is 17.2 Å². The molecule has 9 nitrogen and oxygen atoms in total. The summed E-state index contributed by atoms with van der Waals surface area (Å²) in [4.78, 5) is 49.6. The lowest BCUT2D eigenvalue weighted by molar-refractivity contribution is -0.140. The van der Waals surface area contributed by atoms with Crippen molar-refractivity contribution in [3.63, 3.8) is 0 Å². The minimum atomic E-state index is -0.154. The molecule has 0 radical (unpaired) electrons. The second-order valence-corrected chi connectivity index (χ2v) is 19.3. The molecule has 366 valence electrons. The Morgan fingerprint density at radius 2 is 0.803 bits per heavy atom. The normalized spacial score (nSPS) is 17.3. The third-order valence-corrected chi connectivity index (χ3v) is 13.3. The van der Waals surface area contributed by atoms with Gasteiger partial charge in [-0.1, -0.05) is 107 Å². The van der Waals surface area contributed by atoms with Gasteiger partial charge in [0.2, 0.25) is 0 Å². The van der Waals surface area contributed by atoms with Gasteiger partial charge < -0.3 is 14.2 Å². The number of aryl methyl sites for hydroxylation is 5. The van der Waals surface area contributed by atoms with Gasteiger partial charge in [-0.25, -0.2) is 9.97 Å². The Morgan fingerprint density at radius 1 is 0.423 bits per heavy atom. The van der Waals surface area contributed by atoms with E-state index in [9.17, 15) is 14.4 Å². The molecule has 9 rings (SSSR count). The highest BCUT2D eigenvalue weighted by Gasteiger charge is 2.25. The van der Waals surface area contributed by atoms with Crippen LogP contribution in [0, 0.1) is 38.5 Å². The number of aromatic nitrogens is 3. The Morgan fingerprint density at radius 3 is 1.21 bits per heavy atom. The van der Waals surface area contributed by atoms with Gasteiger partial charge in [0.05, 0.1) is 29.6 Å². The largest absolute Gasteiger partial charge is 0.426 e. The maximum absolute atomic E-state index is 12.2. The van der Waals surface area contributed by atoms with Crippen LogP contribution in [0.4, 0.5) is 0 Å². The highest BCUT2D eigenvalue weighted by Crippen LogP contribution is 2.29. The van der Waals surface area contributed by atoms with Crippen molar-refractivity contribution in [3.8, 4) is 39.9 Å². The number of rotatable bonds is 11. The first-order valence-corrected chi connectivity index (χ1v) is 25.0. The van der Waals surface area contributed by atoms with Crippen LogP contribution < -0.4 is 14.2 Å². The highest BCUT2D eigenvalue weighted by molar-refractivity contribution is 5.77. The molecule has 3 atom stereocenters. The van der Waals surface area contributed by atoms with Crippen molar-refractivity contribution in [2.75, 3.05) is 0 Å². The molecule has 0 fully saturated rings. The Bertz CT molecular complexity index is 2660. The van der Waals surface area contributed by atoms with Crippen LogP contribution in [0.1, 0.15) is 106 Å². The average Bonchev–Trinajstić information content (AvgIpc) is 3.38. The van der Waals surface area contributed by atoms with E-state index >= 15 is 0 Å². The van der Waals surface area contributed by atoms with Crippen molar-refractivity contribution in [2.45, 2.75) is 112 Å². The summed E-state index contributed by atoms with van der Waals surface area (Å²) in [5, 5.41) is 0. The third kappa shape index (κ3) is 16.1. The van der Waals surface area contributed by atoms with E-state index in [-0.39, 0.29) is 35.7 Å². The molecule has 0 bridgehead atoms.